The van der Waals surface area contributed by atoms with E-state index in [4.69, 9.17) is 4.98 Å². The van der Waals surface area contributed by atoms with Gasteiger partial charge in [0.05, 0.1) is 11.7 Å². The largest absolute Gasteiger partial charge is 0.330 e. The second-order valence-corrected chi connectivity index (χ2v) is 9.16. The van der Waals surface area contributed by atoms with E-state index in [9.17, 15) is 14.0 Å². The number of pyridine rings is 2. The van der Waals surface area contributed by atoms with Crippen LogP contribution < -0.4 is 5.56 Å². The van der Waals surface area contributed by atoms with Crippen molar-refractivity contribution in [3.8, 4) is 11.1 Å². The first-order chi connectivity index (χ1) is 16.0. The fraction of sp³-hybridized carbons (Fsp3) is 0.370. The van der Waals surface area contributed by atoms with Crippen molar-refractivity contribution in [2.24, 2.45) is 0 Å². The summed E-state index contributed by atoms with van der Waals surface area (Å²) in [6.07, 6.45) is 6.62. The highest BCUT2D eigenvalue weighted by molar-refractivity contribution is 5.94. The van der Waals surface area contributed by atoms with Crippen LogP contribution in [0.25, 0.3) is 11.1 Å². The number of H-pyrrole nitrogens is 1. The number of halogens is 1. The Morgan fingerprint density at radius 2 is 1.82 bits per heavy atom. The molecule has 1 aromatic carbocycles. The third-order valence-electron chi connectivity index (χ3n) is 6.82. The number of hydrogen-bond donors (Lipinski definition) is 1. The summed E-state index contributed by atoms with van der Waals surface area (Å²) in [5.41, 5.74) is 5.51. The number of aromatic nitrogens is 2. The van der Waals surface area contributed by atoms with Crippen molar-refractivity contribution in [2.75, 3.05) is 6.54 Å². The summed E-state index contributed by atoms with van der Waals surface area (Å²) in [5, 5.41) is 0. The maximum Gasteiger partial charge on any atom is 0.261 e. The monoisotopic (exact) mass is 445 g/mol. The molecular weight excluding hydrogens is 417 g/mol. The van der Waals surface area contributed by atoms with E-state index in [0.29, 0.717) is 6.54 Å². The van der Waals surface area contributed by atoms with Gasteiger partial charge >= 0.3 is 0 Å². The fourth-order valence-electron chi connectivity index (χ4n) is 5.14. The van der Waals surface area contributed by atoms with Crippen LogP contribution in [0.15, 0.2) is 47.3 Å². The van der Waals surface area contributed by atoms with Crippen LogP contribution in [0.3, 0.4) is 0 Å². The molecule has 5 rings (SSSR count). The summed E-state index contributed by atoms with van der Waals surface area (Å²) in [5.74, 6) is -0.495. The van der Waals surface area contributed by atoms with Gasteiger partial charge < -0.3 is 9.88 Å². The van der Waals surface area contributed by atoms with Crippen LogP contribution in [0, 0.1) is 12.7 Å². The zero-order valence-electron chi connectivity index (χ0n) is 18.9. The van der Waals surface area contributed by atoms with Crippen LogP contribution >= 0.6 is 0 Å². The number of piperidine rings is 1. The Bertz CT molecular complexity index is 1250. The summed E-state index contributed by atoms with van der Waals surface area (Å²) in [6, 6.07) is 12.0. The molecule has 5 nitrogen and oxygen atoms in total. The number of aryl methyl sites for hydroxylation is 3. The van der Waals surface area contributed by atoms with Crippen molar-refractivity contribution in [3.63, 3.8) is 0 Å². The van der Waals surface area contributed by atoms with Gasteiger partial charge in [0.2, 0.25) is 0 Å². The first kappa shape index (κ1) is 21.6. The van der Waals surface area contributed by atoms with Crippen LogP contribution in [0.2, 0.25) is 0 Å². The summed E-state index contributed by atoms with van der Waals surface area (Å²) in [6.45, 7) is 2.53. The molecule has 170 valence electrons. The summed E-state index contributed by atoms with van der Waals surface area (Å²) < 4.78 is 13.4. The normalized spacial score (nSPS) is 18.1. The molecule has 1 aliphatic carbocycles. The Kier molecular flexibility index (Phi) is 5.83. The second kappa shape index (κ2) is 8.93. The van der Waals surface area contributed by atoms with E-state index in [1.165, 1.54) is 12.1 Å². The van der Waals surface area contributed by atoms with Gasteiger partial charge in [-0.3, -0.25) is 14.6 Å². The van der Waals surface area contributed by atoms with Crippen molar-refractivity contribution in [1.29, 1.82) is 0 Å². The lowest BCUT2D eigenvalue weighted by Gasteiger charge is -2.35. The van der Waals surface area contributed by atoms with Crippen molar-refractivity contribution in [3.05, 3.63) is 86.8 Å². The zero-order valence-corrected chi connectivity index (χ0v) is 18.9. The molecule has 0 bridgehead atoms. The number of amides is 1. The molecular formula is C27H28FN3O2. The lowest BCUT2D eigenvalue weighted by molar-refractivity contribution is 0.0604. The van der Waals surface area contributed by atoms with Gasteiger partial charge in [-0.05, 0) is 98.9 Å². The third-order valence-corrected chi connectivity index (χ3v) is 6.82. The predicted molar refractivity (Wildman–Crippen MR) is 126 cm³/mol. The molecule has 1 atom stereocenters. The molecule has 0 spiro atoms. The van der Waals surface area contributed by atoms with Gasteiger partial charge in [0.25, 0.3) is 11.5 Å². The number of rotatable bonds is 3. The lowest BCUT2D eigenvalue weighted by atomic mass is 9.93. The number of aromatic amines is 1. The van der Waals surface area contributed by atoms with Crippen LogP contribution in [0.1, 0.15) is 71.1 Å². The molecule has 33 heavy (non-hydrogen) atoms. The maximum atomic E-state index is 13.6. The summed E-state index contributed by atoms with van der Waals surface area (Å²) in [4.78, 5) is 35.9. The molecule has 1 aliphatic heterocycles. The molecule has 2 aromatic heterocycles. The number of nitrogens with zero attached hydrogens (tertiary/aromatic N) is 2. The van der Waals surface area contributed by atoms with Gasteiger partial charge in [0.1, 0.15) is 11.4 Å². The van der Waals surface area contributed by atoms with E-state index in [1.54, 1.807) is 12.1 Å². The molecule has 1 saturated heterocycles. The lowest BCUT2D eigenvalue weighted by Crippen LogP contribution is -2.41. The van der Waals surface area contributed by atoms with Gasteiger partial charge in [-0.2, -0.15) is 0 Å². The number of fused-ring (bicyclic) bond motifs is 1. The van der Waals surface area contributed by atoms with Crippen molar-refractivity contribution >= 4 is 5.91 Å². The molecule has 6 heteroatoms. The van der Waals surface area contributed by atoms with Gasteiger partial charge in [0.15, 0.2) is 0 Å². The Balaban J connectivity index is 1.50. The Morgan fingerprint density at radius 1 is 1.03 bits per heavy atom. The second-order valence-electron chi connectivity index (χ2n) is 9.16. The van der Waals surface area contributed by atoms with Gasteiger partial charge in [-0.25, -0.2) is 4.39 Å². The minimum atomic E-state index is -0.297. The quantitative estimate of drug-likeness (QED) is 0.608. The van der Waals surface area contributed by atoms with Gasteiger partial charge in [-0.1, -0.05) is 12.1 Å². The minimum absolute atomic E-state index is 0.194. The number of benzene rings is 1. The third kappa shape index (κ3) is 4.34. The van der Waals surface area contributed by atoms with Crippen molar-refractivity contribution < 1.29 is 9.18 Å². The maximum absolute atomic E-state index is 13.6. The number of nitrogens with one attached hydrogen (secondary N) is 1. The number of carbonyl (C=O) groups is 1. The Morgan fingerprint density at radius 3 is 2.64 bits per heavy atom. The van der Waals surface area contributed by atoms with Crippen LogP contribution in [0.4, 0.5) is 4.39 Å². The average molecular weight is 446 g/mol. The standard InChI is InChI=1S/C27H28FN3O2/c1-17-14-20(18-9-11-21(28)12-10-18)16-24(29-17)25-8-4-5-13-31(25)27(33)22-15-19-6-2-3-7-23(19)30-26(22)32/h9-12,14-16,25H,2-8,13H2,1H3,(H,30,32). The van der Waals surface area contributed by atoms with E-state index in [2.05, 4.69) is 4.98 Å². The molecule has 1 N–H and O–H groups in total. The van der Waals surface area contributed by atoms with Crippen molar-refractivity contribution in [2.45, 2.75) is 57.9 Å². The van der Waals surface area contributed by atoms with Crippen LogP contribution in [0.5, 0.6) is 0 Å². The number of likely N-dealkylation sites (tertiary alicyclic amines) is 1. The van der Waals surface area contributed by atoms with E-state index >= 15 is 0 Å². The van der Waals surface area contributed by atoms with Crippen LogP contribution in [-0.4, -0.2) is 27.3 Å². The first-order valence-corrected chi connectivity index (χ1v) is 11.8. The van der Waals surface area contributed by atoms with Crippen molar-refractivity contribution in [1.82, 2.24) is 14.9 Å². The molecule has 0 radical (unpaired) electrons. The van der Waals surface area contributed by atoms with E-state index < -0.39 is 0 Å². The Labute approximate surface area is 192 Å². The predicted octanol–water partition coefficient (Wildman–Crippen LogP) is 5.13. The molecule has 3 aromatic rings. The first-order valence-electron chi connectivity index (χ1n) is 11.8. The highest BCUT2D eigenvalue weighted by Crippen LogP contribution is 2.33. The highest BCUT2D eigenvalue weighted by Gasteiger charge is 2.32. The molecule has 3 heterocycles. The van der Waals surface area contributed by atoms with Gasteiger partial charge in [0, 0.05) is 17.9 Å². The van der Waals surface area contributed by atoms with Gasteiger partial charge in [-0.15, -0.1) is 0 Å². The SMILES string of the molecule is Cc1cc(-c2ccc(F)cc2)cc(C2CCCCN2C(=O)c2cc3c([nH]c2=O)CCCC3)n1. The summed E-state index contributed by atoms with van der Waals surface area (Å²) in [7, 11) is 0. The highest BCUT2D eigenvalue weighted by atomic mass is 19.1. The topological polar surface area (TPSA) is 66.1 Å². The molecule has 1 unspecified atom stereocenters. The number of hydrogen-bond acceptors (Lipinski definition) is 3. The van der Waals surface area contributed by atoms with Crippen LogP contribution in [-0.2, 0) is 12.8 Å². The Hall–Kier alpha value is -3.28. The van der Waals surface area contributed by atoms with E-state index in [-0.39, 0.29) is 28.9 Å². The zero-order chi connectivity index (χ0) is 22.9. The molecule has 1 amide bonds. The molecule has 1 fully saturated rings. The van der Waals surface area contributed by atoms with E-state index in [1.807, 2.05) is 30.0 Å². The minimum Gasteiger partial charge on any atom is -0.330 e. The smallest absolute Gasteiger partial charge is 0.261 e. The summed E-state index contributed by atoms with van der Waals surface area (Å²) >= 11 is 0. The number of carbonyl (C=O) groups excluding carboxylic acids is 1. The molecule has 2 aliphatic rings. The fourth-order valence-corrected chi connectivity index (χ4v) is 5.14. The average Bonchev–Trinajstić information content (AvgIpc) is 2.83. The molecule has 0 saturated carbocycles. The van der Waals surface area contributed by atoms with E-state index in [0.717, 1.165) is 78.7 Å².